The third-order valence-electron chi connectivity index (χ3n) is 3.08. The number of thioether (sulfide) groups is 1. The minimum Gasteiger partial charge on any atom is -0.478 e. The van der Waals surface area contributed by atoms with E-state index in [1.807, 2.05) is 6.07 Å². The van der Waals surface area contributed by atoms with Crippen LogP contribution in [0.4, 0.5) is 5.69 Å². The summed E-state index contributed by atoms with van der Waals surface area (Å²) in [5.74, 6) is -0.893. The van der Waals surface area contributed by atoms with Gasteiger partial charge in [0.25, 0.3) is 0 Å². The van der Waals surface area contributed by atoms with Crippen LogP contribution >= 0.6 is 11.8 Å². The average Bonchev–Trinajstić information content (AvgIpc) is 2.32. The summed E-state index contributed by atoms with van der Waals surface area (Å²) in [4.78, 5) is 12.0. The summed E-state index contributed by atoms with van der Waals surface area (Å²) < 4.78 is 0. The van der Waals surface area contributed by atoms with Gasteiger partial charge in [-0.05, 0) is 31.0 Å². The maximum atomic E-state index is 11.1. The Hall–Kier alpha value is -1.16. The molecule has 1 aromatic carbocycles. The fraction of sp³-hybridized carbons (Fsp3) is 0.462. The topological polar surface area (TPSA) is 63.3 Å². The molecule has 0 aliphatic heterocycles. The lowest BCUT2D eigenvalue weighted by molar-refractivity contribution is 0.0693. The number of carboxylic acids is 1. The van der Waals surface area contributed by atoms with Crippen molar-refractivity contribution in [2.45, 2.75) is 42.2 Å². The minimum atomic E-state index is -0.893. The first kappa shape index (κ1) is 12.3. The van der Waals surface area contributed by atoms with Crippen LogP contribution in [-0.4, -0.2) is 16.3 Å². The number of hydrogen-bond acceptors (Lipinski definition) is 3. The zero-order chi connectivity index (χ0) is 12.3. The van der Waals surface area contributed by atoms with Crippen molar-refractivity contribution < 1.29 is 9.90 Å². The second kappa shape index (κ2) is 5.45. The van der Waals surface area contributed by atoms with Crippen LogP contribution in [0.15, 0.2) is 23.1 Å². The number of hydrogen-bond donors (Lipinski definition) is 2. The molecule has 4 heteroatoms. The lowest BCUT2D eigenvalue weighted by atomic mass is 10.0. The van der Waals surface area contributed by atoms with Crippen molar-refractivity contribution in [3.05, 3.63) is 23.8 Å². The van der Waals surface area contributed by atoms with Crippen molar-refractivity contribution in [1.29, 1.82) is 0 Å². The van der Waals surface area contributed by atoms with Crippen molar-refractivity contribution in [2.75, 3.05) is 5.73 Å². The largest absolute Gasteiger partial charge is 0.478 e. The second-order valence-electron chi connectivity index (χ2n) is 4.44. The lowest BCUT2D eigenvalue weighted by Crippen LogP contribution is -2.09. The Bertz CT molecular complexity index is 414. The van der Waals surface area contributed by atoms with Crippen LogP contribution in [0.5, 0.6) is 0 Å². The summed E-state index contributed by atoms with van der Waals surface area (Å²) in [6.07, 6.45) is 6.21. The molecule has 1 saturated carbocycles. The quantitative estimate of drug-likeness (QED) is 0.808. The maximum absolute atomic E-state index is 11.1. The van der Waals surface area contributed by atoms with Crippen LogP contribution < -0.4 is 5.73 Å². The normalized spacial score (nSPS) is 16.9. The van der Waals surface area contributed by atoms with E-state index >= 15 is 0 Å². The second-order valence-corrected chi connectivity index (χ2v) is 5.78. The monoisotopic (exact) mass is 251 g/mol. The van der Waals surface area contributed by atoms with Crippen molar-refractivity contribution in [3.63, 3.8) is 0 Å². The highest BCUT2D eigenvalue weighted by atomic mass is 32.2. The highest BCUT2D eigenvalue weighted by Gasteiger charge is 2.18. The molecular weight excluding hydrogens is 234 g/mol. The van der Waals surface area contributed by atoms with Gasteiger partial charge in [-0.1, -0.05) is 19.3 Å². The first-order valence-corrected chi connectivity index (χ1v) is 6.84. The van der Waals surface area contributed by atoms with Gasteiger partial charge in [0.2, 0.25) is 0 Å². The number of nitrogen functional groups attached to an aromatic ring is 1. The Morgan fingerprint density at radius 1 is 1.29 bits per heavy atom. The van der Waals surface area contributed by atoms with E-state index in [1.54, 1.807) is 23.9 Å². The van der Waals surface area contributed by atoms with Gasteiger partial charge in [-0.15, -0.1) is 11.8 Å². The molecule has 0 heterocycles. The summed E-state index contributed by atoms with van der Waals surface area (Å²) in [5, 5.41) is 9.71. The Kier molecular flexibility index (Phi) is 3.94. The highest BCUT2D eigenvalue weighted by Crippen LogP contribution is 2.35. The Balaban J connectivity index is 2.16. The van der Waals surface area contributed by atoms with Crippen LogP contribution in [0.2, 0.25) is 0 Å². The van der Waals surface area contributed by atoms with E-state index in [1.165, 1.54) is 32.1 Å². The molecule has 0 amide bonds. The summed E-state index contributed by atoms with van der Waals surface area (Å²) in [6, 6.07) is 5.16. The van der Waals surface area contributed by atoms with E-state index in [0.29, 0.717) is 16.5 Å². The fourth-order valence-electron chi connectivity index (χ4n) is 2.18. The Morgan fingerprint density at radius 3 is 2.65 bits per heavy atom. The minimum absolute atomic E-state index is 0.334. The molecule has 0 spiro atoms. The smallest absolute Gasteiger partial charge is 0.336 e. The van der Waals surface area contributed by atoms with Gasteiger partial charge in [-0.25, -0.2) is 4.79 Å². The summed E-state index contributed by atoms with van der Waals surface area (Å²) in [6.45, 7) is 0. The standard InChI is InChI=1S/C13H17NO2S/c14-9-6-7-12(11(8-9)13(15)16)17-10-4-2-1-3-5-10/h6-8,10H,1-5,14H2,(H,15,16). The first-order chi connectivity index (χ1) is 8.16. The van der Waals surface area contributed by atoms with Gasteiger partial charge < -0.3 is 10.8 Å². The molecule has 92 valence electrons. The van der Waals surface area contributed by atoms with Gasteiger partial charge in [-0.3, -0.25) is 0 Å². The van der Waals surface area contributed by atoms with Crippen LogP contribution in [0.3, 0.4) is 0 Å². The number of carbonyl (C=O) groups is 1. The Labute approximate surface area is 105 Å². The predicted octanol–water partition coefficient (Wildman–Crippen LogP) is 3.39. The zero-order valence-electron chi connectivity index (χ0n) is 9.69. The molecule has 0 unspecified atom stereocenters. The molecule has 1 aromatic rings. The van der Waals surface area contributed by atoms with E-state index in [4.69, 9.17) is 10.8 Å². The molecule has 0 radical (unpaired) electrons. The van der Waals surface area contributed by atoms with Crippen molar-refractivity contribution in [3.8, 4) is 0 Å². The number of nitrogens with two attached hydrogens (primary N) is 1. The predicted molar refractivity (Wildman–Crippen MR) is 70.5 cm³/mol. The molecule has 0 bridgehead atoms. The van der Waals surface area contributed by atoms with E-state index in [0.717, 1.165) is 4.90 Å². The number of rotatable bonds is 3. The van der Waals surface area contributed by atoms with Gasteiger partial charge >= 0.3 is 5.97 Å². The van der Waals surface area contributed by atoms with Crippen molar-refractivity contribution in [2.24, 2.45) is 0 Å². The molecule has 2 rings (SSSR count). The van der Waals surface area contributed by atoms with Crippen LogP contribution in [-0.2, 0) is 0 Å². The van der Waals surface area contributed by atoms with Crippen molar-refractivity contribution >= 4 is 23.4 Å². The van der Waals surface area contributed by atoms with Crippen molar-refractivity contribution in [1.82, 2.24) is 0 Å². The van der Waals surface area contributed by atoms with E-state index in [2.05, 4.69) is 0 Å². The lowest BCUT2D eigenvalue weighted by Gasteiger charge is -2.21. The summed E-state index contributed by atoms with van der Waals surface area (Å²) in [7, 11) is 0. The average molecular weight is 251 g/mol. The number of aromatic carboxylic acids is 1. The summed E-state index contributed by atoms with van der Waals surface area (Å²) >= 11 is 1.69. The number of carboxylic acid groups (broad SMARTS) is 1. The molecule has 1 fully saturated rings. The number of anilines is 1. The SMILES string of the molecule is Nc1ccc(SC2CCCCC2)c(C(=O)O)c1. The molecular formula is C13H17NO2S. The van der Waals surface area contributed by atoms with Gasteiger partial charge in [-0.2, -0.15) is 0 Å². The van der Waals surface area contributed by atoms with E-state index < -0.39 is 5.97 Å². The molecule has 0 aromatic heterocycles. The van der Waals surface area contributed by atoms with Gasteiger partial charge in [0, 0.05) is 15.8 Å². The third kappa shape index (κ3) is 3.16. The fourth-order valence-corrected chi connectivity index (χ4v) is 3.53. The van der Waals surface area contributed by atoms with Crippen LogP contribution in [0.1, 0.15) is 42.5 Å². The van der Waals surface area contributed by atoms with Gasteiger partial charge in [0.15, 0.2) is 0 Å². The van der Waals surface area contributed by atoms with Crippen LogP contribution in [0, 0.1) is 0 Å². The third-order valence-corrected chi connectivity index (χ3v) is 4.49. The van der Waals surface area contributed by atoms with Gasteiger partial charge in [0.1, 0.15) is 0 Å². The highest BCUT2D eigenvalue weighted by molar-refractivity contribution is 8.00. The van der Waals surface area contributed by atoms with Crippen LogP contribution in [0.25, 0.3) is 0 Å². The first-order valence-electron chi connectivity index (χ1n) is 5.96. The Morgan fingerprint density at radius 2 is 2.00 bits per heavy atom. The molecule has 1 aliphatic carbocycles. The molecule has 3 N–H and O–H groups in total. The molecule has 0 saturated heterocycles. The van der Waals surface area contributed by atoms with Gasteiger partial charge in [0.05, 0.1) is 5.56 Å². The number of benzene rings is 1. The molecule has 1 aliphatic rings. The molecule has 17 heavy (non-hydrogen) atoms. The summed E-state index contributed by atoms with van der Waals surface area (Å²) in [5.41, 5.74) is 6.47. The zero-order valence-corrected chi connectivity index (χ0v) is 10.5. The maximum Gasteiger partial charge on any atom is 0.336 e. The van der Waals surface area contributed by atoms with E-state index in [-0.39, 0.29) is 0 Å². The van der Waals surface area contributed by atoms with E-state index in [9.17, 15) is 4.79 Å². The molecule has 0 atom stereocenters. The molecule has 3 nitrogen and oxygen atoms in total.